The van der Waals surface area contributed by atoms with Crippen LogP contribution in [0.1, 0.15) is 6.92 Å². The fraction of sp³-hybridized carbons (Fsp3) is 0.500. The summed E-state index contributed by atoms with van der Waals surface area (Å²) in [6.07, 6.45) is 0. The van der Waals surface area contributed by atoms with Crippen molar-refractivity contribution in [1.82, 2.24) is 10.3 Å². The fourth-order valence-electron chi connectivity index (χ4n) is 1.71. The Morgan fingerprint density at radius 3 is 3.14 bits per heavy atom. The highest BCUT2D eigenvalue weighted by Crippen LogP contribution is 2.12. The molecule has 0 radical (unpaired) electrons. The van der Waals surface area contributed by atoms with E-state index < -0.39 is 5.95 Å². The standard InChI is InChI=1S/C10H14FN3/c1-8-7-14(6-5-12-8)10-4-2-3-9(11)13-10/h2-4,8,12H,5-7H2,1H3. The number of hydrogen-bond donors (Lipinski definition) is 1. The predicted molar refractivity (Wildman–Crippen MR) is 53.9 cm³/mol. The van der Waals surface area contributed by atoms with Gasteiger partial charge in [0.25, 0.3) is 0 Å². The van der Waals surface area contributed by atoms with Gasteiger partial charge >= 0.3 is 0 Å². The lowest BCUT2D eigenvalue weighted by molar-refractivity contribution is 0.479. The minimum atomic E-state index is -0.409. The maximum atomic E-state index is 12.9. The number of rotatable bonds is 1. The molecule has 0 amide bonds. The van der Waals surface area contributed by atoms with Gasteiger partial charge in [-0.05, 0) is 19.1 Å². The molecule has 1 saturated heterocycles. The molecule has 1 aromatic rings. The number of hydrogen-bond acceptors (Lipinski definition) is 3. The molecular formula is C10H14FN3. The van der Waals surface area contributed by atoms with E-state index in [1.165, 1.54) is 6.07 Å². The van der Waals surface area contributed by atoms with E-state index in [1.54, 1.807) is 6.07 Å². The third kappa shape index (κ3) is 2.01. The summed E-state index contributed by atoms with van der Waals surface area (Å²) in [7, 11) is 0. The molecule has 4 heteroatoms. The minimum absolute atomic E-state index is 0.409. The fourth-order valence-corrected chi connectivity index (χ4v) is 1.71. The summed E-state index contributed by atoms with van der Waals surface area (Å²) in [5.41, 5.74) is 0. The largest absolute Gasteiger partial charge is 0.354 e. The number of pyridine rings is 1. The summed E-state index contributed by atoms with van der Waals surface area (Å²) >= 11 is 0. The maximum Gasteiger partial charge on any atom is 0.214 e. The lowest BCUT2D eigenvalue weighted by Crippen LogP contribution is -2.49. The lowest BCUT2D eigenvalue weighted by Gasteiger charge is -2.32. The molecule has 14 heavy (non-hydrogen) atoms. The van der Waals surface area contributed by atoms with E-state index in [0.717, 1.165) is 25.5 Å². The Morgan fingerprint density at radius 2 is 2.43 bits per heavy atom. The van der Waals surface area contributed by atoms with E-state index in [9.17, 15) is 4.39 Å². The Labute approximate surface area is 82.9 Å². The first-order valence-electron chi connectivity index (χ1n) is 4.86. The van der Waals surface area contributed by atoms with Crippen LogP contribution in [0, 0.1) is 5.95 Å². The molecule has 2 rings (SSSR count). The van der Waals surface area contributed by atoms with Gasteiger partial charge in [-0.15, -0.1) is 0 Å². The smallest absolute Gasteiger partial charge is 0.214 e. The second-order valence-corrected chi connectivity index (χ2v) is 3.62. The number of piperazine rings is 1. The van der Waals surface area contributed by atoms with Gasteiger partial charge in [-0.3, -0.25) is 0 Å². The molecular weight excluding hydrogens is 181 g/mol. The van der Waals surface area contributed by atoms with Crippen molar-refractivity contribution in [3.8, 4) is 0 Å². The number of anilines is 1. The molecule has 3 nitrogen and oxygen atoms in total. The van der Waals surface area contributed by atoms with Gasteiger partial charge < -0.3 is 10.2 Å². The predicted octanol–water partition coefficient (Wildman–Crippen LogP) is 1.02. The molecule has 1 fully saturated rings. The van der Waals surface area contributed by atoms with E-state index in [1.807, 2.05) is 6.07 Å². The van der Waals surface area contributed by atoms with Crippen molar-refractivity contribution in [2.75, 3.05) is 24.5 Å². The van der Waals surface area contributed by atoms with Crippen LogP contribution in [0.2, 0.25) is 0 Å². The van der Waals surface area contributed by atoms with Crippen LogP contribution in [0.3, 0.4) is 0 Å². The van der Waals surface area contributed by atoms with Crippen molar-refractivity contribution in [3.05, 3.63) is 24.1 Å². The zero-order valence-electron chi connectivity index (χ0n) is 8.20. The van der Waals surface area contributed by atoms with E-state index in [2.05, 4.69) is 22.1 Å². The Hall–Kier alpha value is -1.16. The Morgan fingerprint density at radius 1 is 1.57 bits per heavy atom. The average molecular weight is 195 g/mol. The van der Waals surface area contributed by atoms with E-state index in [-0.39, 0.29) is 0 Å². The Balaban J connectivity index is 2.14. The van der Waals surface area contributed by atoms with Gasteiger partial charge in [0, 0.05) is 25.7 Å². The van der Waals surface area contributed by atoms with Gasteiger partial charge in [-0.2, -0.15) is 4.39 Å². The highest BCUT2D eigenvalue weighted by molar-refractivity contribution is 5.38. The van der Waals surface area contributed by atoms with Crippen LogP contribution in [-0.2, 0) is 0 Å². The van der Waals surface area contributed by atoms with Crippen molar-refractivity contribution in [1.29, 1.82) is 0 Å². The van der Waals surface area contributed by atoms with Crippen LogP contribution in [0.15, 0.2) is 18.2 Å². The third-order valence-corrected chi connectivity index (χ3v) is 2.39. The Kier molecular flexibility index (Phi) is 2.63. The first-order valence-corrected chi connectivity index (χ1v) is 4.86. The van der Waals surface area contributed by atoms with Crippen molar-refractivity contribution in [2.45, 2.75) is 13.0 Å². The van der Waals surface area contributed by atoms with Crippen molar-refractivity contribution < 1.29 is 4.39 Å². The zero-order chi connectivity index (χ0) is 9.97. The van der Waals surface area contributed by atoms with E-state index in [0.29, 0.717) is 6.04 Å². The van der Waals surface area contributed by atoms with Crippen molar-refractivity contribution in [3.63, 3.8) is 0 Å². The molecule has 1 aliphatic heterocycles. The minimum Gasteiger partial charge on any atom is -0.354 e. The normalized spacial score (nSPS) is 22.4. The second kappa shape index (κ2) is 3.92. The summed E-state index contributed by atoms with van der Waals surface area (Å²) in [4.78, 5) is 5.96. The van der Waals surface area contributed by atoms with E-state index >= 15 is 0 Å². The van der Waals surface area contributed by atoms with Gasteiger partial charge in [0.15, 0.2) is 0 Å². The molecule has 0 saturated carbocycles. The summed E-state index contributed by atoms with van der Waals surface area (Å²) in [6.45, 7) is 4.82. The van der Waals surface area contributed by atoms with Crippen LogP contribution in [-0.4, -0.2) is 30.7 Å². The number of nitrogens with one attached hydrogen (secondary N) is 1. The highest BCUT2D eigenvalue weighted by Gasteiger charge is 2.16. The van der Waals surface area contributed by atoms with Crippen LogP contribution in [0.4, 0.5) is 10.2 Å². The highest BCUT2D eigenvalue weighted by atomic mass is 19.1. The summed E-state index contributed by atoms with van der Waals surface area (Å²) in [6, 6.07) is 5.36. The molecule has 1 atom stereocenters. The monoisotopic (exact) mass is 195 g/mol. The average Bonchev–Trinajstić information content (AvgIpc) is 2.18. The molecule has 0 aromatic carbocycles. The molecule has 0 aliphatic carbocycles. The van der Waals surface area contributed by atoms with Crippen molar-refractivity contribution >= 4 is 5.82 Å². The molecule has 1 unspecified atom stereocenters. The van der Waals surface area contributed by atoms with E-state index in [4.69, 9.17) is 0 Å². The molecule has 1 N–H and O–H groups in total. The van der Waals surface area contributed by atoms with Gasteiger partial charge in [0.2, 0.25) is 5.95 Å². The molecule has 1 aliphatic rings. The van der Waals surface area contributed by atoms with Crippen LogP contribution >= 0.6 is 0 Å². The third-order valence-electron chi connectivity index (χ3n) is 2.39. The quantitative estimate of drug-likeness (QED) is 0.678. The summed E-state index contributed by atoms with van der Waals surface area (Å²) in [5.74, 6) is 0.326. The molecule has 1 aromatic heterocycles. The number of nitrogens with zero attached hydrogens (tertiary/aromatic N) is 2. The van der Waals surface area contributed by atoms with Crippen LogP contribution in [0.5, 0.6) is 0 Å². The lowest BCUT2D eigenvalue weighted by atomic mass is 10.2. The summed E-state index contributed by atoms with van der Waals surface area (Å²) < 4.78 is 12.9. The SMILES string of the molecule is CC1CN(c2cccc(F)n2)CCN1. The molecule has 76 valence electrons. The first kappa shape index (κ1) is 9.40. The Bertz CT molecular complexity index is 316. The van der Waals surface area contributed by atoms with Gasteiger partial charge in [-0.1, -0.05) is 6.07 Å². The van der Waals surface area contributed by atoms with Gasteiger partial charge in [0.1, 0.15) is 5.82 Å². The van der Waals surface area contributed by atoms with Crippen LogP contribution in [0.25, 0.3) is 0 Å². The van der Waals surface area contributed by atoms with Crippen molar-refractivity contribution in [2.24, 2.45) is 0 Å². The number of aromatic nitrogens is 1. The zero-order valence-corrected chi connectivity index (χ0v) is 8.20. The molecule has 0 bridgehead atoms. The van der Waals surface area contributed by atoms with Crippen LogP contribution < -0.4 is 10.2 Å². The van der Waals surface area contributed by atoms with Gasteiger partial charge in [0.05, 0.1) is 0 Å². The topological polar surface area (TPSA) is 28.2 Å². The second-order valence-electron chi connectivity index (χ2n) is 3.62. The maximum absolute atomic E-state index is 12.9. The summed E-state index contributed by atoms with van der Waals surface area (Å²) in [5, 5.41) is 3.33. The van der Waals surface area contributed by atoms with Gasteiger partial charge in [-0.25, -0.2) is 4.98 Å². The number of halogens is 1. The molecule has 2 heterocycles. The molecule has 0 spiro atoms. The first-order chi connectivity index (χ1) is 6.75.